The van der Waals surface area contributed by atoms with Crippen LogP contribution in [0.25, 0.3) is 0 Å². The summed E-state index contributed by atoms with van der Waals surface area (Å²) < 4.78 is 0. The number of hydrogen-bond acceptors (Lipinski definition) is 4. The molecule has 1 atom stereocenters. The van der Waals surface area contributed by atoms with Crippen LogP contribution >= 0.6 is 11.3 Å². The number of aliphatic hydroxyl groups is 1. The molecule has 0 aromatic carbocycles. The Labute approximate surface area is 99.7 Å². The first kappa shape index (κ1) is 13.2. The average Bonchev–Trinajstić information content (AvgIpc) is 2.65. The van der Waals surface area contributed by atoms with Crippen molar-refractivity contribution < 1.29 is 9.90 Å². The minimum Gasteiger partial charge on any atom is -0.389 e. The van der Waals surface area contributed by atoms with Crippen LogP contribution in [0.1, 0.15) is 24.8 Å². The molecule has 1 heterocycles. The fraction of sp³-hybridized carbons (Fsp3) is 0.545. The molecule has 1 aromatic rings. The van der Waals surface area contributed by atoms with Crippen LogP contribution in [0.2, 0.25) is 0 Å². The number of carbonyl (C=O) groups is 1. The Hall–Kier alpha value is -0.910. The van der Waals surface area contributed by atoms with Gasteiger partial charge < -0.3 is 15.7 Å². The molecule has 0 aliphatic heterocycles. The number of thiophene rings is 1. The van der Waals surface area contributed by atoms with Crippen LogP contribution in [0.5, 0.6) is 0 Å². The third kappa shape index (κ3) is 3.59. The van der Waals surface area contributed by atoms with Crippen molar-refractivity contribution >= 4 is 17.2 Å². The van der Waals surface area contributed by atoms with E-state index in [1.54, 1.807) is 20.9 Å². The summed E-state index contributed by atoms with van der Waals surface area (Å²) >= 11 is 1.46. The molecule has 0 saturated carbocycles. The van der Waals surface area contributed by atoms with E-state index in [0.29, 0.717) is 0 Å². The van der Waals surface area contributed by atoms with Gasteiger partial charge >= 0.3 is 0 Å². The molecule has 0 aliphatic rings. The van der Waals surface area contributed by atoms with E-state index in [9.17, 15) is 9.90 Å². The molecule has 5 heteroatoms. The van der Waals surface area contributed by atoms with Gasteiger partial charge in [0, 0.05) is 18.5 Å². The molecule has 0 radical (unpaired) electrons. The van der Waals surface area contributed by atoms with E-state index in [2.05, 4.69) is 0 Å². The maximum absolute atomic E-state index is 11.9. The SMILES string of the molecule is CN(CC(C)(C)O)C(=O)C(N)c1cccs1. The molecule has 1 rings (SSSR count). The minimum absolute atomic E-state index is 0.176. The first-order chi connectivity index (χ1) is 7.31. The molecule has 16 heavy (non-hydrogen) atoms. The van der Waals surface area contributed by atoms with E-state index < -0.39 is 11.6 Å². The van der Waals surface area contributed by atoms with Crippen molar-refractivity contribution in [2.24, 2.45) is 5.73 Å². The number of nitrogens with zero attached hydrogens (tertiary/aromatic N) is 1. The second-order valence-electron chi connectivity index (χ2n) is 4.50. The van der Waals surface area contributed by atoms with Crippen molar-refractivity contribution in [1.82, 2.24) is 4.90 Å². The zero-order chi connectivity index (χ0) is 12.3. The Morgan fingerprint density at radius 2 is 2.31 bits per heavy atom. The Morgan fingerprint density at radius 1 is 1.69 bits per heavy atom. The fourth-order valence-corrected chi connectivity index (χ4v) is 2.20. The van der Waals surface area contributed by atoms with E-state index in [4.69, 9.17) is 5.73 Å². The van der Waals surface area contributed by atoms with Gasteiger partial charge in [0.25, 0.3) is 0 Å². The summed E-state index contributed by atoms with van der Waals surface area (Å²) in [5.74, 6) is -0.176. The first-order valence-corrected chi connectivity index (χ1v) is 5.95. The van der Waals surface area contributed by atoms with Gasteiger partial charge in [0.15, 0.2) is 0 Å². The minimum atomic E-state index is -0.903. The van der Waals surface area contributed by atoms with Crippen molar-refractivity contribution in [2.45, 2.75) is 25.5 Å². The van der Waals surface area contributed by atoms with E-state index in [0.717, 1.165) is 4.88 Å². The van der Waals surface area contributed by atoms with Crippen molar-refractivity contribution in [3.63, 3.8) is 0 Å². The highest BCUT2D eigenvalue weighted by atomic mass is 32.1. The Balaban J connectivity index is 2.64. The highest BCUT2D eigenvalue weighted by molar-refractivity contribution is 7.10. The van der Waals surface area contributed by atoms with Gasteiger partial charge in [-0.1, -0.05) is 6.07 Å². The van der Waals surface area contributed by atoms with Gasteiger partial charge in [0.2, 0.25) is 5.91 Å². The van der Waals surface area contributed by atoms with Gasteiger partial charge in [-0.3, -0.25) is 4.79 Å². The van der Waals surface area contributed by atoms with Gasteiger partial charge in [-0.05, 0) is 25.3 Å². The maximum Gasteiger partial charge on any atom is 0.244 e. The van der Waals surface area contributed by atoms with Crippen molar-refractivity contribution in [3.05, 3.63) is 22.4 Å². The van der Waals surface area contributed by atoms with Gasteiger partial charge in [-0.2, -0.15) is 0 Å². The predicted molar refractivity (Wildman–Crippen MR) is 65.2 cm³/mol. The fourth-order valence-electron chi connectivity index (χ4n) is 1.49. The summed E-state index contributed by atoms with van der Waals surface area (Å²) in [7, 11) is 1.65. The molecular formula is C11H18N2O2S. The quantitative estimate of drug-likeness (QED) is 0.827. The second-order valence-corrected chi connectivity index (χ2v) is 5.48. The lowest BCUT2D eigenvalue weighted by atomic mass is 10.1. The van der Waals surface area contributed by atoms with Gasteiger partial charge in [0.1, 0.15) is 6.04 Å². The number of hydrogen-bond donors (Lipinski definition) is 2. The number of carbonyl (C=O) groups excluding carboxylic acids is 1. The Kier molecular flexibility index (Phi) is 4.07. The molecule has 0 bridgehead atoms. The lowest BCUT2D eigenvalue weighted by Gasteiger charge is -2.27. The lowest BCUT2D eigenvalue weighted by Crippen LogP contribution is -2.43. The largest absolute Gasteiger partial charge is 0.389 e. The molecule has 0 aliphatic carbocycles. The van der Waals surface area contributed by atoms with Crippen LogP contribution < -0.4 is 5.73 Å². The van der Waals surface area contributed by atoms with Crippen LogP contribution in [0.3, 0.4) is 0 Å². The zero-order valence-corrected chi connectivity index (χ0v) is 10.6. The molecule has 90 valence electrons. The highest BCUT2D eigenvalue weighted by Gasteiger charge is 2.24. The molecular weight excluding hydrogens is 224 g/mol. The summed E-state index contributed by atoms with van der Waals surface area (Å²) in [6.45, 7) is 3.59. The average molecular weight is 242 g/mol. The van der Waals surface area contributed by atoms with E-state index in [1.165, 1.54) is 16.2 Å². The molecule has 0 spiro atoms. The molecule has 0 fully saturated rings. The maximum atomic E-state index is 11.9. The highest BCUT2D eigenvalue weighted by Crippen LogP contribution is 2.19. The number of likely N-dealkylation sites (N-methyl/N-ethyl adjacent to an activating group) is 1. The first-order valence-electron chi connectivity index (χ1n) is 5.07. The summed E-state index contributed by atoms with van der Waals surface area (Å²) in [6, 6.07) is 3.07. The molecule has 0 saturated heterocycles. The van der Waals surface area contributed by atoms with Gasteiger partial charge in [-0.25, -0.2) is 0 Å². The van der Waals surface area contributed by atoms with E-state index in [1.807, 2.05) is 17.5 Å². The molecule has 1 amide bonds. The van der Waals surface area contributed by atoms with Crippen LogP contribution in [-0.4, -0.2) is 35.1 Å². The third-order valence-corrected chi connectivity index (χ3v) is 3.07. The van der Waals surface area contributed by atoms with Crippen molar-refractivity contribution in [2.75, 3.05) is 13.6 Å². The smallest absolute Gasteiger partial charge is 0.244 e. The summed E-state index contributed by atoms with van der Waals surface area (Å²) in [6.07, 6.45) is 0. The van der Waals surface area contributed by atoms with Crippen molar-refractivity contribution in [1.29, 1.82) is 0 Å². The van der Waals surface area contributed by atoms with Gasteiger partial charge in [0.05, 0.1) is 5.60 Å². The zero-order valence-electron chi connectivity index (χ0n) is 9.80. The van der Waals surface area contributed by atoms with Gasteiger partial charge in [-0.15, -0.1) is 11.3 Å². The van der Waals surface area contributed by atoms with Crippen LogP contribution in [0, 0.1) is 0 Å². The number of nitrogens with two attached hydrogens (primary N) is 1. The number of amides is 1. The van der Waals surface area contributed by atoms with Crippen LogP contribution in [0.4, 0.5) is 0 Å². The molecule has 4 nitrogen and oxygen atoms in total. The summed E-state index contributed by atoms with van der Waals surface area (Å²) in [5, 5.41) is 11.5. The summed E-state index contributed by atoms with van der Waals surface area (Å²) in [4.78, 5) is 14.2. The lowest BCUT2D eigenvalue weighted by molar-refractivity contribution is -0.134. The van der Waals surface area contributed by atoms with Crippen LogP contribution in [-0.2, 0) is 4.79 Å². The van der Waals surface area contributed by atoms with E-state index in [-0.39, 0.29) is 12.5 Å². The molecule has 1 aromatic heterocycles. The molecule has 3 N–H and O–H groups in total. The Bertz CT molecular complexity index is 343. The predicted octanol–water partition coefficient (Wildman–Crippen LogP) is 0.977. The Morgan fingerprint density at radius 3 is 2.75 bits per heavy atom. The number of rotatable bonds is 4. The third-order valence-electron chi connectivity index (χ3n) is 2.12. The molecule has 1 unspecified atom stereocenters. The second kappa shape index (κ2) is 4.95. The summed E-state index contributed by atoms with van der Waals surface area (Å²) in [5.41, 5.74) is 4.94. The standard InChI is InChI=1S/C11H18N2O2S/c1-11(2,15)7-13(3)10(14)9(12)8-5-4-6-16-8/h4-6,9,15H,7,12H2,1-3H3. The van der Waals surface area contributed by atoms with Crippen LogP contribution in [0.15, 0.2) is 17.5 Å². The topological polar surface area (TPSA) is 66.6 Å². The monoisotopic (exact) mass is 242 g/mol. The van der Waals surface area contributed by atoms with E-state index >= 15 is 0 Å². The normalized spacial score (nSPS) is 13.6. The van der Waals surface area contributed by atoms with Crippen molar-refractivity contribution in [3.8, 4) is 0 Å².